The minimum absolute atomic E-state index is 0.0923. The maximum Gasteiger partial charge on any atom is 0.226 e. The SMILES string of the molecule is CCN(CC)C(CNC(=O)C1COc2ccccc2C1)Cc1ccccc1. The largest absolute Gasteiger partial charge is 0.492 e. The van der Waals surface area contributed by atoms with Crippen LogP contribution in [0, 0.1) is 5.92 Å². The van der Waals surface area contributed by atoms with E-state index in [2.05, 4.69) is 48.3 Å². The van der Waals surface area contributed by atoms with E-state index in [1.807, 2.05) is 30.3 Å². The highest BCUT2D eigenvalue weighted by molar-refractivity contribution is 5.79. The Morgan fingerprint density at radius 3 is 2.56 bits per heavy atom. The van der Waals surface area contributed by atoms with Crippen molar-refractivity contribution < 1.29 is 9.53 Å². The zero-order valence-electron chi connectivity index (χ0n) is 16.4. The molecule has 1 amide bonds. The Morgan fingerprint density at radius 2 is 1.81 bits per heavy atom. The summed E-state index contributed by atoms with van der Waals surface area (Å²) in [6.07, 6.45) is 1.68. The van der Waals surface area contributed by atoms with Gasteiger partial charge < -0.3 is 10.1 Å². The van der Waals surface area contributed by atoms with Gasteiger partial charge >= 0.3 is 0 Å². The van der Waals surface area contributed by atoms with Crippen LogP contribution in [0.3, 0.4) is 0 Å². The lowest BCUT2D eigenvalue weighted by Gasteiger charge is -2.31. The summed E-state index contributed by atoms with van der Waals surface area (Å²) in [5, 5.41) is 3.19. The van der Waals surface area contributed by atoms with Gasteiger partial charge in [-0.1, -0.05) is 62.4 Å². The third-order valence-electron chi connectivity index (χ3n) is 5.40. The number of para-hydroxylation sites is 1. The first-order chi connectivity index (χ1) is 13.2. The van der Waals surface area contributed by atoms with Crippen LogP contribution in [-0.4, -0.2) is 43.1 Å². The normalized spacial score (nSPS) is 17.1. The third-order valence-corrected chi connectivity index (χ3v) is 5.40. The average Bonchev–Trinajstić information content (AvgIpc) is 2.72. The summed E-state index contributed by atoms with van der Waals surface area (Å²) in [4.78, 5) is 15.2. The molecule has 0 saturated carbocycles. The van der Waals surface area contributed by atoms with Crippen molar-refractivity contribution in [3.8, 4) is 5.75 Å². The monoisotopic (exact) mass is 366 g/mol. The number of hydrogen-bond acceptors (Lipinski definition) is 3. The molecule has 0 fully saturated rings. The van der Waals surface area contributed by atoms with Crippen LogP contribution in [0.15, 0.2) is 54.6 Å². The molecule has 0 aromatic heterocycles. The van der Waals surface area contributed by atoms with Crippen LogP contribution in [-0.2, 0) is 17.6 Å². The summed E-state index contributed by atoms with van der Waals surface area (Å²) in [5.41, 5.74) is 2.42. The number of likely N-dealkylation sites (N-methyl/N-ethyl adjacent to an activating group) is 1. The highest BCUT2D eigenvalue weighted by Gasteiger charge is 2.26. The Bertz CT molecular complexity index is 728. The molecule has 4 heteroatoms. The Hall–Kier alpha value is -2.33. The van der Waals surface area contributed by atoms with Gasteiger partial charge in [-0.25, -0.2) is 0 Å². The molecule has 1 aliphatic rings. The van der Waals surface area contributed by atoms with Crippen LogP contribution in [0.4, 0.5) is 0 Å². The van der Waals surface area contributed by atoms with Crippen LogP contribution >= 0.6 is 0 Å². The molecule has 144 valence electrons. The number of carbonyl (C=O) groups is 1. The highest BCUT2D eigenvalue weighted by atomic mass is 16.5. The van der Waals surface area contributed by atoms with Gasteiger partial charge in [0, 0.05) is 12.6 Å². The van der Waals surface area contributed by atoms with E-state index in [-0.39, 0.29) is 11.8 Å². The van der Waals surface area contributed by atoms with Crippen molar-refractivity contribution in [3.63, 3.8) is 0 Å². The molecule has 2 aromatic carbocycles. The molecular weight excluding hydrogens is 336 g/mol. The molecule has 1 heterocycles. The standard InChI is InChI=1S/C23H30N2O2/c1-3-25(4-2)21(14-18-10-6-5-7-11-18)16-24-23(26)20-15-19-12-8-9-13-22(19)27-17-20/h5-13,20-21H,3-4,14-17H2,1-2H3,(H,24,26). The molecule has 0 saturated heterocycles. The second-order valence-corrected chi connectivity index (χ2v) is 7.13. The van der Waals surface area contributed by atoms with E-state index in [0.717, 1.165) is 37.2 Å². The van der Waals surface area contributed by atoms with Crippen LogP contribution < -0.4 is 10.1 Å². The van der Waals surface area contributed by atoms with E-state index in [4.69, 9.17) is 4.74 Å². The van der Waals surface area contributed by atoms with Crippen molar-refractivity contribution in [1.82, 2.24) is 10.2 Å². The third kappa shape index (κ3) is 5.10. The minimum atomic E-state index is -0.117. The number of amides is 1. The lowest BCUT2D eigenvalue weighted by molar-refractivity contribution is -0.126. The second-order valence-electron chi connectivity index (χ2n) is 7.13. The molecule has 0 spiro atoms. The van der Waals surface area contributed by atoms with E-state index < -0.39 is 0 Å². The Balaban J connectivity index is 1.60. The molecular formula is C23H30N2O2. The summed E-state index contributed by atoms with van der Waals surface area (Å²) in [7, 11) is 0. The number of fused-ring (bicyclic) bond motifs is 1. The number of carbonyl (C=O) groups excluding carboxylic acids is 1. The summed E-state index contributed by atoms with van der Waals surface area (Å²) in [5.74, 6) is 0.885. The fraction of sp³-hybridized carbons (Fsp3) is 0.435. The predicted octanol–water partition coefficient (Wildman–Crippen LogP) is 3.31. The Labute approximate surface area is 162 Å². The first-order valence-electron chi connectivity index (χ1n) is 9.97. The van der Waals surface area contributed by atoms with E-state index >= 15 is 0 Å². The highest BCUT2D eigenvalue weighted by Crippen LogP contribution is 2.26. The first kappa shape index (κ1) is 19.4. The maximum atomic E-state index is 12.8. The number of nitrogens with one attached hydrogen (secondary N) is 1. The van der Waals surface area contributed by atoms with Gasteiger partial charge in [0.05, 0.1) is 5.92 Å². The smallest absolute Gasteiger partial charge is 0.226 e. The van der Waals surface area contributed by atoms with Crippen molar-refractivity contribution in [2.45, 2.75) is 32.7 Å². The lowest BCUT2D eigenvalue weighted by Crippen LogP contribution is -2.47. The van der Waals surface area contributed by atoms with Crippen LogP contribution in [0.1, 0.15) is 25.0 Å². The summed E-state index contributed by atoms with van der Waals surface area (Å²) in [6, 6.07) is 18.8. The van der Waals surface area contributed by atoms with Gasteiger partial charge in [-0.05, 0) is 43.1 Å². The lowest BCUT2D eigenvalue weighted by atomic mass is 9.96. The number of benzene rings is 2. The summed E-state index contributed by atoms with van der Waals surface area (Å²) < 4.78 is 5.78. The minimum Gasteiger partial charge on any atom is -0.492 e. The van der Waals surface area contributed by atoms with Gasteiger partial charge in [0.2, 0.25) is 5.91 Å². The van der Waals surface area contributed by atoms with Crippen molar-refractivity contribution in [2.24, 2.45) is 5.92 Å². The van der Waals surface area contributed by atoms with Gasteiger partial charge in [0.15, 0.2) is 0 Å². The molecule has 0 aliphatic carbocycles. The van der Waals surface area contributed by atoms with Gasteiger partial charge in [-0.2, -0.15) is 0 Å². The molecule has 2 aromatic rings. The van der Waals surface area contributed by atoms with Crippen LogP contribution in [0.25, 0.3) is 0 Å². The molecule has 0 bridgehead atoms. The van der Waals surface area contributed by atoms with Crippen LogP contribution in [0.5, 0.6) is 5.75 Å². The summed E-state index contributed by atoms with van der Waals surface area (Å²) >= 11 is 0. The predicted molar refractivity (Wildman–Crippen MR) is 109 cm³/mol. The number of rotatable bonds is 8. The van der Waals surface area contributed by atoms with Gasteiger partial charge in [0.1, 0.15) is 12.4 Å². The number of ether oxygens (including phenoxy) is 1. The fourth-order valence-electron chi connectivity index (χ4n) is 3.82. The molecule has 1 aliphatic heterocycles. The zero-order chi connectivity index (χ0) is 19.1. The average molecular weight is 367 g/mol. The Morgan fingerprint density at radius 1 is 1.11 bits per heavy atom. The van der Waals surface area contributed by atoms with E-state index in [0.29, 0.717) is 19.2 Å². The molecule has 0 radical (unpaired) electrons. The quantitative estimate of drug-likeness (QED) is 0.779. The molecule has 4 nitrogen and oxygen atoms in total. The molecule has 2 atom stereocenters. The van der Waals surface area contributed by atoms with E-state index in [1.54, 1.807) is 0 Å². The molecule has 1 N–H and O–H groups in total. The van der Waals surface area contributed by atoms with Crippen molar-refractivity contribution >= 4 is 5.91 Å². The van der Waals surface area contributed by atoms with E-state index in [9.17, 15) is 4.79 Å². The maximum absolute atomic E-state index is 12.8. The van der Waals surface area contributed by atoms with Crippen molar-refractivity contribution in [2.75, 3.05) is 26.2 Å². The van der Waals surface area contributed by atoms with Crippen molar-refractivity contribution in [1.29, 1.82) is 0 Å². The topological polar surface area (TPSA) is 41.6 Å². The first-order valence-corrected chi connectivity index (χ1v) is 9.97. The zero-order valence-corrected chi connectivity index (χ0v) is 16.4. The Kier molecular flexibility index (Phi) is 6.88. The van der Waals surface area contributed by atoms with E-state index in [1.165, 1.54) is 5.56 Å². The van der Waals surface area contributed by atoms with Crippen molar-refractivity contribution in [3.05, 3.63) is 65.7 Å². The van der Waals surface area contributed by atoms with Crippen LogP contribution in [0.2, 0.25) is 0 Å². The molecule has 27 heavy (non-hydrogen) atoms. The van der Waals surface area contributed by atoms with Gasteiger partial charge in [-0.15, -0.1) is 0 Å². The fourth-order valence-corrected chi connectivity index (χ4v) is 3.82. The summed E-state index contributed by atoms with van der Waals surface area (Å²) in [6.45, 7) is 7.42. The second kappa shape index (κ2) is 9.56. The number of nitrogens with zero attached hydrogens (tertiary/aromatic N) is 1. The number of hydrogen-bond donors (Lipinski definition) is 1. The van der Waals surface area contributed by atoms with Gasteiger partial charge in [0.25, 0.3) is 0 Å². The molecule has 2 unspecified atom stereocenters. The molecule has 3 rings (SSSR count). The van der Waals surface area contributed by atoms with Gasteiger partial charge in [-0.3, -0.25) is 9.69 Å².